The number of carbonyl (C=O) groups excluding carboxylic acids is 1. The number of ether oxygens (including phenoxy) is 2. The lowest BCUT2D eigenvalue weighted by Gasteiger charge is -2.42. The Hall–Kier alpha value is -1.97. The number of carbonyl (C=O) groups is 1. The Balaban J connectivity index is 2.06. The fraction of sp³-hybridized carbons (Fsp3) is 0.571. The Morgan fingerprint density at radius 3 is 2.27 bits per heavy atom. The highest BCUT2D eigenvalue weighted by Gasteiger charge is 2.47. The van der Waals surface area contributed by atoms with Crippen LogP contribution >= 0.6 is 0 Å². The van der Waals surface area contributed by atoms with Crippen molar-refractivity contribution in [2.45, 2.75) is 61.7 Å². The third-order valence-electron chi connectivity index (χ3n) is 5.32. The van der Waals surface area contributed by atoms with Gasteiger partial charge >= 0.3 is 0 Å². The van der Waals surface area contributed by atoms with Crippen LogP contribution in [0.3, 0.4) is 0 Å². The van der Waals surface area contributed by atoms with Crippen LogP contribution in [0.15, 0.2) is 30.8 Å². The number of hydrogen-bond acceptors (Lipinski definition) is 11. The highest BCUT2D eigenvalue weighted by Crippen LogP contribution is 2.25. The van der Waals surface area contributed by atoms with Gasteiger partial charge in [-0.2, -0.15) is 0 Å². The normalized spacial score (nSPS) is 29.0. The Morgan fingerprint density at radius 1 is 1.09 bits per heavy atom. The number of aliphatic hydroxyl groups excluding tert-OH is 8. The summed E-state index contributed by atoms with van der Waals surface area (Å²) in [7, 11) is 0. The van der Waals surface area contributed by atoms with Crippen molar-refractivity contribution in [3.63, 3.8) is 0 Å². The first-order valence-electron chi connectivity index (χ1n) is 10.2. The van der Waals surface area contributed by atoms with Crippen molar-refractivity contribution in [3.05, 3.63) is 42.0 Å². The van der Waals surface area contributed by atoms with Crippen LogP contribution in [-0.2, 0) is 20.8 Å². The van der Waals surface area contributed by atoms with E-state index in [-0.39, 0.29) is 6.54 Å². The Bertz CT molecular complexity index is 759. The summed E-state index contributed by atoms with van der Waals surface area (Å²) in [6.07, 6.45) is -14.7. The largest absolute Gasteiger partial charge is 0.394 e. The molecule has 1 fully saturated rings. The third-order valence-corrected chi connectivity index (χ3v) is 5.32. The van der Waals surface area contributed by atoms with Crippen LogP contribution in [0.5, 0.6) is 0 Å². The van der Waals surface area contributed by atoms with E-state index in [9.17, 15) is 45.6 Å². The van der Waals surface area contributed by atoms with Gasteiger partial charge in [0.1, 0.15) is 42.7 Å². The second-order valence-corrected chi connectivity index (χ2v) is 7.65. The smallest absolute Gasteiger partial charge is 0.251 e. The summed E-state index contributed by atoms with van der Waals surface area (Å²) in [6.45, 7) is 1.94. The number of aliphatic hydroxyl groups is 8. The maximum Gasteiger partial charge on any atom is 0.251 e. The van der Waals surface area contributed by atoms with Crippen molar-refractivity contribution >= 4 is 12.0 Å². The summed E-state index contributed by atoms with van der Waals surface area (Å²) in [4.78, 5) is 12.3. The lowest BCUT2D eigenvalue weighted by Crippen LogP contribution is -2.62. The Morgan fingerprint density at radius 2 is 1.73 bits per heavy atom. The molecule has 0 bridgehead atoms. The SMILES string of the molecule is C=Cc1ccc(CNC(=O)[C@H](O)[C@@H](O)[C@H](O[C@H]2O[C@H](CO)[C@@H](O)[C@H](O)[C@H]2O)[C@H](O)CO)cc1. The quantitative estimate of drug-likeness (QED) is 0.152. The molecule has 1 heterocycles. The molecule has 33 heavy (non-hydrogen) atoms. The maximum absolute atomic E-state index is 12.3. The second-order valence-electron chi connectivity index (χ2n) is 7.65. The van der Waals surface area contributed by atoms with E-state index in [0.717, 1.165) is 5.56 Å². The Labute approximate surface area is 190 Å². The van der Waals surface area contributed by atoms with Gasteiger partial charge in [0.15, 0.2) is 12.4 Å². The van der Waals surface area contributed by atoms with E-state index in [2.05, 4.69) is 11.9 Å². The molecule has 9 atom stereocenters. The molecule has 1 aliphatic rings. The highest BCUT2D eigenvalue weighted by atomic mass is 16.7. The van der Waals surface area contributed by atoms with Crippen molar-refractivity contribution in [2.75, 3.05) is 13.2 Å². The van der Waals surface area contributed by atoms with E-state index in [0.29, 0.717) is 5.56 Å². The maximum atomic E-state index is 12.3. The number of benzene rings is 1. The molecule has 1 aliphatic heterocycles. The predicted molar refractivity (Wildman–Crippen MR) is 112 cm³/mol. The molecule has 1 aromatic rings. The number of hydrogen-bond donors (Lipinski definition) is 9. The number of amides is 1. The molecule has 0 spiro atoms. The molecule has 1 aromatic carbocycles. The van der Waals surface area contributed by atoms with Gasteiger partial charge in [0, 0.05) is 6.54 Å². The zero-order valence-corrected chi connectivity index (χ0v) is 17.7. The minimum Gasteiger partial charge on any atom is -0.394 e. The van der Waals surface area contributed by atoms with Crippen molar-refractivity contribution in [3.8, 4) is 0 Å². The fourth-order valence-electron chi connectivity index (χ4n) is 3.24. The van der Waals surface area contributed by atoms with Crippen LogP contribution in [0.1, 0.15) is 11.1 Å². The lowest BCUT2D eigenvalue weighted by atomic mass is 9.98. The van der Waals surface area contributed by atoms with Crippen LogP contribution < -0.4 is 5.32 Å². The van der Waals surface area contributed by atoms with E-state index in [4.69, 9.17) is 9.47 Å². The topological polar surface area (TPSA) is 209 Å². The molecule has 0 unspecified atom stereocenters. The van der Waals surface area contributed by atoms with Gasteiger partial charge in [0.25, 0.3) is 5.91 Å². The van der Waals surface area contributed by atoms with Crippen LogP contribution in [0.4, 0.5) is 0 Å². The monoisotopic (exact) mass is 473 g/mol. The average molecular weight is 473 g/mol. The van der Waals surface area contributed by atoms with Crippen molar-refractivity contribution in [1.29, 1.82) is 0 Å². The molecule has 0 saturated carbocycles. The van der Waals surface area contributed by atoms with Gasteiger partial charge in [0.2, 0.25) is 0 Å². The summed E-state index contributed by atoms with van der Waals surface area (Å²) in [6, 6.07) is 6.98. The van der Waals surface area contributed by atoms with Gasteiger partial charge in [-0.15, -0.1) is 0 Å². The van der Waals surface area contributed by atoms with Gasteiger partial charge in [-0.25, -0.2) is 0 Å². The summed E-state index contributed by atoms with van der Waals surface area (Å²) in [5, 5.41) is 81.5. The van der Waals surface area contributed by atoms with Gasteiger partial charge in [-0.1, -0.05) is 36.9 Å². The van der Waals surface area contributed by atoms with E-state index >= 15 is 0 Å². The molecule has 9 N–H and O–H groups in total. The van der Waals surface area contributed by atoms with Crippen molar-refractivity contribution in [1.82, 2.24) is 5.32 Å². The van der Waals surface area contributed by atoms with Gasteiger partial charge in [0.05, 0.1) is 13.2 Å². The van der Waals surface area contributed by atoms with Crippen LogP contribution in [0.2, 0.25) is 0 Å². The average Bonchev–Trinajstić information content (AvgIpc) is 2.84. The molecule has 1 saturated heterocycles. The van der Waals surface area contributed by atoms with Crippen LogP contribution in [-0.4, -0.2) is 115 Å². The lowest BCUT2D eigenvalue weighted by molar-refractivity contribution is -0.326. The van der Waals surface area contributed by atoms with Crippen LogP contribution in [0.25, 0.3) is 6.08 Å². The molecule has 186 valence electrons. The van der Waals surface area contributed by atoms with Crippen molar-refractivity contribution in [2.24, 2.45) is 0 Å². The molecule has 0 aliphatic carbocycles. The third kappa shape index (κ3) is 6.77. The van der Waals surface area contributed by atoms with E-state index in [1.807, 2.05) is 0 Å². The molecular weight excluding hydrogens is 442 g/mol. The minimum atomic E-state index is -2.12. The molecule has 1 amide bonds. The first-order chi connectivity index (χ1) is 15.6. The number of rotatable bonds is 11. The summed E-state index contributed by atoms with van der Waals surface area (Å²) in [5.41, 5.74) is 1.56. The van der Waals surface area contributed by atoms with Gasteiger partial charge < -0.3 is 55.6 Å². The molecular formula is C21H31NO11. The highest BCUT2D eigenvalue weighted by molar-refractivity contribution is 5.81. The zero-order chi connectivity index (χ0) is 24.7. The van der Waals surface area contributed by atoms with Gasteiger partial charge in [-0.05, 0) is 11.1 Å². The van der Waals surface area contributed by atoms with E-state index < -0.39 is 74.2 Å². The second kappa shape index (κ2) is 12.5. The fourth-order valence-corrected chi connectivity index (χ4v) is 3.24. The zero-order valence-electron chi connectivity index (χ0n) is 17.7. The molecule has 2 rings (SSSR count). The summed E-state index contributed by atoms with van der Waals surface area (Å²) < 4.78 is 10.4. The van der Waals surface area contributed by atoms with Gasteiger partial charge in [-0.3, -0.25) is 4.79 Å². The molecule has 0 radical (unpaired) electrons. The first-order valence-corrected chi connectivity index (χ1v) is 10.2. The molecule has 0 aromatic heterocycles. The first kappa shape index (κ1) is 27.3. The number of nitrogens with one attached hydrogen (secondary N) is 1. The summed E-state index contributed by atoms with van der Waals surface area (Å²) >= 11 is 0. The van der Waals surface area contributed by atoms with E-state index in [1.54, 1.807) is 30.3 Å². The van der Waals surface area contributed by atoms with E-state index in [1.165, 1.54) is 0 Å². The summed E-state index contributed by atoms with van der Waals surface area (Å²) in [5.74, 6) is -1.01. The predicted octanol–water partition coefficient (Wildman–Crippen LogP) is -3.79. The van der Waals surface area contributed by atoms with Crippen LogP contribution in [0, 0.1) is 0 Å². The van der Waals surface area contributed by atoms with Crippen molar-refractivity contribution < 1.29 is 55.1 Å². The standard InChI is InChI=1S/C21H31NO11/c1-2-10-3-5-11(6-4-10)7-22-20(31)17(29)16(28)19(12(25)8-23)33-21-18(30)15(27)14(26)13(9-24)32-21/h2-6,12-19,21,23-30H,1,7-9H2,(H,22,31)/t12-,13-,14-,15+,16-,17-,18-,19-,21-/m1/s1. The molecule has 12 nitrogen and oxygen atoms in total. The minimum absolute atomic E-state index is 0.0147. The Kier molecular flexibility index (Phi) is 10.3. The molecule has 12 heteroatoms.